The van der Waals surface area contributed by atoms with Crippen molar-refractivity contribution in [3.8, 4) is 5.75 Å². The van der Waals surface area contributed by atoms with Crippen molar-refractivity contribution in [3.63, 3.8) is 0 Å². The second-order valence-corrected chi connectivity index (χ2v) is 5.22. The Morgan fingerprint density at radius 3 is 2.68 bits per heavy atom. The summed E-state index contributed by atoms with van der Waals surface area (Å²) in [5.41, 5.74) is 2.37. The van der Waals surface area contributed by atoms with E-state index < -0.39 is 0 Å². The fourth-order valence-electron chi connectivity index (χ4n) is 2.35. The first-order valence-electron chi connectivity index (χ1n) is 7.50. The van der Waals surface area contributed by atoms with E-state index in [2.05, 4.69) is 5.32 Å². The lowest BCUT2D eigenvalue weighted by Gasteiger charge is -2.14. The number of epoxide rings is 1. The molecule has 0 spiro atoms. The second-order valence-electron chi connectivity index (χ2n) is 5.22. The van der Waals surface area contributed by atoms with Crippen molar-refractivity contribution in [1.29, 1.82) is 0 Å². The Bertz CT molecular complexity index is 651. The summed E-state index contributed by atoms with van der Waals surface area (Å²) >= 11 is 0. The van der Waals surface area contributed by atoms with E-state index in [-0.39, 0.29) is 12.0 Å². The van der Waals surface area contributed by atoms with E-state index in [0.717, 1.165) is 30.0 Å². The summed E-state index contributed by atoms with van der Waals surface area (Å²) in [5, 5.41) is 2.92. The van der Waals surface area contributed by atoms with E-state index in [9.17, 15) is 4.79 Å². The third kappa shape index (κ3) is 3.46. The Morgan fingerprint density at radius 1 is 1.23 bits per heavy atom. The molecular weight excluding hydrogens is 278 g/mol. The van der Waals surface area contributed by atoms with Crippen LogP contribution < -0.4 is 10.1 Å². The van der Waals surface area contributed by atoms with Gasteiger partial charge in [0.2, 0.25) is 0 Å². The van der Waals surface area contributed by atoms with Gasteiger partial charge in [-0.3, -0.25) is 4.79 Å². The minimum Gasteiger partial charge on any atom is -0.490 e. The van der Waals surface area contributed by atoms with Crippen molar-refractivity contribution in [3.05, 3.63) is 59.7 Å². The van der Waals surface area contributed by atoms with Crippen LogP contribution >= 0.6 is 0 Å². The standard InChI is InChI=1S/C18H19NO3/c1-2-15-16(18(20)19-13-7-4-3-5-8-13)9-6-10-17(15)22-12-14-11-21-14/h3-10,14H,2,11-12H2,1H3,(H,19,20). The number of rotatable bonds is 6. The molecule has 4 heteroatoms. The van der Waals surface area contributed by atoms with Gasteiger partial charge >= 0.3 is 0 Å². The smallest absolute Gasteiger partial charge is 0.256 e. The van der Waals surface area contributed by atoms with Gasteiger partial charge < -0.3 is 14.8 Å². The Balaban J connectivity index is 1.79. The first kappa shape index (κ1) is 14.6. The average molecular weight is 297 g/mol. The van der Waals surface area contributed by atoms with Gasteiger partial charge in [0.25, 0.3) is 5.91 Å². The summed E-state index contributed by atoms with van der Waals surface area (Å²) in [5.74, 6) is 0.648. The number of hydrogen-bond acceptors (Lipinski definition) is 3. The number of para-hydroxylation sites is 1. The van der Waals surface area contributed by atoms with Crippen LogP contribution in [0.15, 0.2) is 48.5 Å². The summed E-state index contributed by atoms with van der Waals surface area (Å²) in [6, 6.07) is 15.0. The Morgan fingerprint density at radius 2 is 2.00 bits per heavy atom. The zero-order valence-corrected chi connectivity index (χ0v) is 12.5. The molecule has 3 rings (SSSR count). The SMILES string of the molecule is CCc1c(OCC2CO2)cccc1C(=O)Nc1ccccc1. The molecule has 1 aliphatic rings. The summed E-state index contributed by atoms with van der Waals surface area (Å²) in [7, 11) is 0. The molecule has 2 aromatic carbocycles. The van der Waals surface area contributed by atoms with E-state index in [1.54, 1.807) is 0 Å². The molecule has 1 saturated heterocycles. The molecule has 0 saturated carbocycles. The van der Waals surface area contributed by atoms with Crippen molar-refractivity contribution < 1.29 is 14.3 Å². The molecule has 1 heterocycles. The van der Waals surface area contributed by atoms with E-state index >= 15 is 0 Å². The number of benzene rings is 2. The van der Waals surface area contributed by atoms with Gasteiger partial charge in [0.15, 0.2) is 0 Å². The van der Waals surface area contributed by atoms with Crippen molar-refractivity contribution in [2.75, 3.05) is 18.5 Å². The van der Waals surface area contributed by atoms with Crippen molar-refractivity contribution in [2.45, 2.75) is 19.4 Å². The number of nitrogens with one attached hydrogen (secondary N) is 1. The highest BCUT2D eigenvalue weighted by Crippen LogP contribution is 2.25. The van der Waals surface area contributed by atoms with Gasteiger partial charge in [0.1, 0.15) is 18.5 Å². The van der Waals surface area contributed by atoms with Crippen LogP contribution in [0.1, 0.15) is 22.8 Å². The number of amides is 1. The summed E-state index contributed by atoms with van der Waals surface area (Å²) in [6.45, 7) is 3.32. The van der Waals surface area contributed by atoms with Crippen molar-refractivity contribution >= 4 is 11.6 Å². The van der Waals surface area contributed by atoms with Crippen LogP contribution in [0, 0.1) is 0 Å². The van der Waals surface area contributed by atoms with Gasteiger partial charge in [-0.1, -0.05) is 31.2 Å². The molecule has 0 bridgehead atoms. The highest BCUT2D eigenvalue weighted by Gasteiger charge is 2.24. The van der Waals surface area contributed by atoms with E-state index in [4.69, 9.17) is 9.47 Å². The van der Waals surface area contributed by atoms with Crippen LogP contribution in [0.4, 0.5) is 5.69 Å². The summed E-state index contributed by atoms with van der Waals surface area (Å²) in [4.78, 5) is 12.5. The molecule has 1 N–H and O–H groups in total. The number of carbonyl (C=O) groups excluding carboxylic acids is 1. The molecule has 4 nitrogen and oxygen atoms in total. The molecule has 0 aliphatic carbocycles. The summed E-state index contributed by atoms with van der Waals surface area (Å²) in [6.07, 6.45) is 0.936. The van der Waals surface area contributed by atoms with Crippen molar-refractivity contribution in [1.82, 2.24) is 0 Å². The molecule has 114 valence electrons. The summed E-state index contributed by atoms with van der Waals surface area (Å²) < 4.78 is 10.9. The van der Waals surface area contributed by atoms with Gasteiger partial charge in [0.05, 0.1) is 6.61 Å². The molecule has 0 radical (unpaired) electrons. The molecule has 1 fully saturated rings. The third-order valence-electron chi connectivity index (χ3n) is 3.59. The number of carbonyl (C=O) groups is 1. The Kier molecular flexibility index (Phi) is 4.39. The first-order chi connectivity index (χ1) is 10.8. The molecule has 1 aliphatic heterocycles. The zero-order valence-electron chi connectivity index (χ0n) is 12.5. The predicted molar refractivity (Wildman–Crippen MR) is 85.5 cm³/mol. The molecule has 2 aromatic rings. The molecular formula is C18H19NO3. The maximum Gasteiger partial charge on any atom is 0.256 e. The van der Waals surface area contributed by atoms with Crippen LogP contribution in [-0.4, -0.2) is 25.2 Å². The number of anilines is 1. The molecule has 1 atom stereocenters. The first-order valence-corrected chi connectivity index (χ1v) is 7.50. The minimum atomic E-state index is -0.115. The van der Waals surface area contributed by atoms with Gasteiger partial charge in [-0.25, -0.2) is 0 Å². The van der Waals surface area contributed by atoms with Crippen molar-refractivity contribution in [2.24, 2.45) is 0 Å². The quantitative estimate of drug-likeness (QED) is 0.832. The fourth-order valence-corrected chi connectivity index (χ4v) is 2.35. The van der Waals surface area contributed by atoms with E-state index in [0.29, 0.717) is 12.2 Å². The highest BCUT2D eigenvalue weighted by atomic mass is 16.6. The maximum atomic E-state index is 12.5. The van der Waals surface area contributed by atoms with Crippen LogP contribution in [-0.2, 0) is 11.2 Å². The largest absolute Gasteiger partial charge is 0.490 e. The van der Waals surface area contributed by atoms with Gasteiger partial charge in [-0.05, 0) is 30.7 Å². The zero-order chi connectivity index (χ0) is 15.4. The fraction of sp³-hybridized carbons (Fsp3) is 0.278. The lowest BCUT2D eigenvalue weighted by molar-refractivity contribution is 0.102. The average Bonchev–Trinajstić information content (AvgIpc) is 3.37. The van der Waals surface area contributed by atoms with Crippen LogP contribution in [0.3, 0.4) is 0 Å². The number of hydrogen-bond donors (Lipinski definition) is 1. The molecule has 1 unspecified atom stereocenters. The Labute approximate surface area is 130 Å². The lowest BCUT2D eigenvalue weighted by Crippen LogP contribution is -2.15. The van der Waals surface area contributed by atoms with Gasteiger partial charge in [-0.15, -0.1) is 0 Å². The monoisotopic (exact) mass is 297 g/mol. The maximum absolute atomic E-state index is 12.5. The third-order valence-corrected chi connectivity index (χ3v) is 3.59. The van der Waals surface area contributed by atoms with Crippen LogP contribution in [0.25, 0.3) is 0 Å². The topological polar surface area (TPSA) is 50.9 Å². The Hall–Kier alpha value is -2.33. The number of ether oxygens (including phenoxy) is 2. The normalized spacial score (nSPS) is 16.1. The van der Waals surface area contributed by atoms with Gasteiger partial charge in [-0.2, -0.15) is 0 Å². The van der Waals surface area contributed by atoms with Gasteiger partial charge in [0, 0.05) is 16.8 Å². The van der Waals surface area contributed by atoms with E-state index in [1.165, 1.54) is 0 Å². The van der Waals surface area contributed by atoms with Crippen LogP contribution in [0.5, 0.6) is 5.75 Å². The molecule has 0 aromatic heterocycles. The molecule has 1 amide bonds. The predicted octanol–water partition coefficient (Wildman–Crippen LogP) is 3.28. The van der Waals surface area contributed by atoms with Crippen LogP contribution in [0.2, 0.25) is 0 Å². The molecule has 22 heavy (non-hydrogen) atoms. The minimum absolute atomic E-state index is 0.115. The van der Waals surface area contributed by atoms with E-state index in [1.807, 2.05) is 55.5 Å². The second kappa shape index (κ2) is 6.62. The lowest BCUT2D eigenvalue weighted by atomic mass is 10.0. The highest BCUT2D eigenvalue weighted by molar-refractivity contribution is 6.05.